The Hall–Kier alpha value is -2.97. The zero-order chi connectivity index (χ0) is 30.9. The van der Waals surface area contributed by atoms with Gasteiger partial charge in [0, 0.05) is 54.0 Å². The molecule has 1 amide bonds. The number of nitrogens with two attached hydrogens (primary N) is 1. The molecule has 6 heteroatoms. The topological polar surface area (TPSA) is 61.4 Å². The van der Waals surface area contributed by atoms with Gasteiger partial charge in [0.05, 0.1) is 5.41 Å². The van der Waals surface area contributed by atoms with Gasteiger partial charge in [-0.1, -0.05) is 87.0 Å². The standard InChI is InChI=1S/C38H50N4O.HI/c1-37(2)30-20-13-15-22-32(30)41(5)34(37)24-10-7-6-8-11-25-35-38(3,4)31-21-14-16-23-33(31)42(35)29-19-9-12-26-36(43)40-28-18-17-27-39;/h6-8,10-11,13-16,20-25H,9,12,17-19,26-29,39H2,1-5H3;1H. The highest BCUT2D eigenvalue weighted by atomic mass is 127. The second kappa shape index (κ2) is 16.4. The maximum atomic E-state index is 12.1. The molecule has 0 saturated heterocycles. The molecule has 5 nitrogen and oxygen atoms in total. The molecular weight excluding hydrogens is 655 g/mol. The highest BCUT2D eigenvalue weighted by Crippen LogP contribution is 2.47. The van der Waals surface area contributed by atoms with E-state index in [0.717, 1.165) is 45.2 Å². The van der Waals surface area contributed by atoms with Crippen molar-refractivity contribution >= 4 is 23.0 Å². The average molecular weight is 707 g/mol. The van der Waals surface area contributed by atoms with Crippen LogP contribution in [-0.4, -0.2) is 42.9 Å². The van der Waals surface area contributed by atoms with Gasteiger partial charge in [-0.25, -0.2) is 0 Å². The molecular formula is C38H51IN4O. The fourth-order valence-corrected chi connectivity index (χ4v) is 6.49. The number of para-hydroxylation sites is 2. The van der Waals surface area contributed by atoms with Gasteiger partial charge in [0.1, 0.15) is 7.05 Å². The Kier molecular flexibility index (Phi) is 13.2. The number of nitrogens with zero attached hydrogens (tertiary/aromatic N) is 2. The summed E-state index contributed by atoms with van der Waals surface area (Å²) >= 11 is 0. The monoisotopic (exact) mass is 706 g/mol. The molecule has 0 bridgehead atoms. The Balaban J connectivity index is 0.00000529. The minimum atomic E-state index is -0.0712. The number of fused-ring (bicyclic) bond motifs is 2. The number of carbonyl (C=O) groups excluding carboxylic acids is 1. The lowest BCUT2D eigenvalue weighted by Crippen LogP contribution is -3.00. The van der Waals surface area contributed by atoms with Gasteiger partial charge in [0.2, 0.25) is 11.6 Å². The van der Waals surface area contributed by atoms with Gasteiger partial charge in [0.25, 0.3) is 0 Å². The van der Waals surface area contributed by atoms with Gasteiger partial charge in [0.15, 0.2) is 5.71 Å². The van der Waals surface area contributed by atoms with Gasteiger partial charge in [-0.05, 0) is 63.8 Å². The fraction of sp³-hybridized carbons (Fsp3) is 0.421. The van der Waals surface area contributed by atoms with Crippen LogP contribution in [0.2, 0.25) is 0 Å². The Morgan fingerprint density at radius 2 is 1.52 bits per heavy atom. The Morgan fingerprint density at radius 3 is 2.27 bits per heavy atom. The summed E-state index contributed by atoms with van der Waals surface area (Å²) in [4.78, 5) is 14.6. The Labute approximate surface area is 282 Å². The molecule has 0 fully saturated rings. The van der Waals surface area contributed by atoms with Gasteiger partial charge in [-0.15, -0.1) is 0 Å². The highest BCUT2D eigenvalue weighted by Gasteiger charge is 2.42. The summed E-state index contributed by atoms with van der Waals surface area (Å²) in [6, 6.07) is 17.4. The van der Waals surface area contributed by atoms with E-state index in [1.807, 2.05) is 0 Å². The number of hydrogen-bond donors (Lipinski definition) is 2. The SMILES string of the molecule is C[N+]1=C(C=CC=CC=CC=C2N(CCCCCC(=O)NCCCCN)c3ccccc3C2(C)C)C(C)(C)c2ccccc21.[I-]. The van der Waals surface area contributed by atoms with Gasteiger partial charge < -0.3 is 39.9 Å². The summed E-state index contributed by atoms with van der Waals surface area (Å²) in [5.74, 6) is 0.154. The largest absolute Gasteiger partial charge is 1.00 e. The van der Waals surface area contributed by atoms with E-state index in [0.29, 0.717) is 13.0 Å². The maximum Gasteiger partial charge on any atom is 0.219 e. The van der Waals surface area contributed by atoms with Crippen LogP contribution < -0.4 is 39.9 Å². The summed E-state index contributed by atoms with van der Waals surface area (Å²) in [6.07, 6.45) is 20.6. The smallest absolute Gasteiger partial charge is 0.219 e. The van der Waals surface area contributed by atoms with E-state index >= 15 is 0 Å². The number of halogens is 1. The van der Waals surface area contributed by atoms with E-state index in [1.54, 1.807) is 0 Å². The number of carbonyl (C=O) groups is 1. The second-order valence-corrected chi connectivity index (χ2v) is 12.7. The summed E-state index contributed by atoms with van der Waals surface area (Å²) in [6.45, 7) is 11.6. The fourth-order valence-electron chi connectivity index (χ4n) is 6.49. The lowest BCUT2D eigenvalue weighted by molar-refractivity contribution is -0.401. The van der Waals surface area contributed by atoms with Gasteiger partial charge in [-0.3, -0.25) is 4.79 Å². The van der Waals surface area contributed by atoms with Crippen molar-refractivity contribution in [2.24, 2.45) is 5.73 Å². The molecule has 0 unspecified atom stereocenters. The number of nitrogens with one attached hydrogen (secondary N) is 1. The first-order valence-electron chi connectivity index (χ1n) is 16.0. The number of anilines is 1. The van der Waals surface area contributed by atoms with Crippen LogP contribution in [0.5, 0.6) is 0 Å². The van der Waals surface area contributed by atoms with Gasteiger partial charge >= 0.3 is 0 Å². The third kappa shape index (κ3) is 8.19. The Morgan fingerprint density at radius 1 is 0.841 bits per heavy atom. The van der Waals surface area contributed by atoms with E-state index < -0.39 is 0 Å². The van der Waals surface area contributed by atoms with Crippen LogP contribution in [0, 0.1) is 0 Å². The van der Waals surface area contributed by atoms with Crippen molar-refractivity contribution in [3.05, 3.63) is 108 Å². The molecule has 0 atom stereocenters. The van der Waals surface area contributed by atoms with Gasteiger partial charge in [-0.2, -0.15) is 4.58 Å². The number of hydrogen-bond acceptors (Lipinski definition) is 3. The molecule has 0 radical (unpaired) electrons. The molecule has 44 heavy (non-hydrogen) atoms. The van der Waals surface area contributed by atoms with E-state index in [2.05, 4.69) is 141 Å². The van der Waals surface area contributed by atoms with E-state index in [1.165, 1.54) is 33.9 Å². The molecule has 4 rings (SSSR count). The molecule has 0 aromatic heterocycles. The molecule has 0 aliphatic carbocycles. The van der Waals surface area contributed by atoms with Crippen LogP contribution in [0.25, 0.3) is 0 Å². The number of rotatable bonds is 14. The number of allylic oxidation sites excluding steroid dienone is 8. The molecule has 236 valence electrons. The molecule has 2 aliphatic rings. The first-order valence-corrected chi connectivity index (χ1v) is 16.0. The van der Waals surface area contributed by atoms with Crippen LogP contribution in [-0.2, 0) is 15.6 Å². The summed E-state index contributed by atoms with van der Waals surface area (Å²) < 4.78 is 2.30. The lowest BCUT2D eigenvalue weighted by Gasteiger charge is -2.27. The number of unbranched alkanes of at least 4 members (excludes halogenated alkanes) is 3. The number of benzene rings is 2. The third-order valence-corrected chi connectivity index (χ3v) is 8.93. The average Bonchev–Trinajstić information content (AvgIpc) is 3.33. The van der Waals surface area contributed by atoms with Crippen molar-refractivity contribution in [3.63, 3.8) is 0 Å². The zero-order valence-corrected chi connectivity index (χ0v) is 29.4. The quantitative estimate of drug-likeness (QED) is 0.132. The minimum absolute atomic E-state index is 0. The second-order valence-electron chi connectivity index (χ2n) is 12.7. The highest BCUT2D eigenvalue weighted by molar-refractivity contribution is 6.03. The molecule has 2 heterocycles. The third-order valence-electron chi connectivity index (χ3n) is 8.93. The molecule has 2 aliphatic heterocycles. The van der Waals surface area contributed by atoms with E-state index in [9.17, 15) is 4.79 Å². The van der Waals surface area contributed by atoms with Crippen molar-refractivity contribution in [3.8, 4) is 0 Å². The molecule has 2 aromatic carbocycles. The normalized spacial score (nSPS) is 17.6. The summed E-state index contributed by atoms with van der Waals surface area (Å²) in [5.41, 5.74) is 13.4. The maximum absolute atomic E-state index is 12.1. The van der Waals surface area contributed by atoms with Crippen molar-refractivity contribution in [2.75, 3.05) is 31.6 Å². The summed E-state index contributed by atoms with van der Waals surface area (Å²) in [5, 5.41) is 3.01. The van der Waals surface area contributed by atoms with Crippen molar-refractivity contribution in [1.82, 2.24) is 5.32 Å². The molecule has 0 spiro atoms. The zero-order valence-electron chi connectivity index (χ0n) is 27.3. The minimum Gasteiger partial charge on any atom is -1.00 e. The number of amides is 1. The first-order chi connectivity index (χ1) is 20.7. The lowest BCUT2D eigenvalue weighted by atomic mass is 9.81. The van der Waals surface area contributed by atoms with Crippen molar-refractivity contribution < 1.29 is 33.3 Å². The van der Waals surface area contributed by atoms with Crippen molar-refractivity contribution in [1.29, 1.82) is 0 Å². The predicted molar refractivity (Wildman–Crippen MR) is 182 cm³/mol. The van der Waals surface area contributed by atoms with Crippen LogP contribution in [0.3, 0.4) is 0 Å². The molecule has 2 aromatic rings. The van der Waals surface area contributed by atoms with Crippen LogP contribution in [0.15, 0.2) is 96.8 Å². The van der Waals surface area contributed by atoms with E-state index in [4.69, 9.17) is 5.73 Å². The Bertz CT molecular complexity index is 1430. The van der Waals surface area contributed by atoms with E-state index in [-0.39, 0.29) is 40.7 Å². The summed E-state index contributed by atoms with van der Waals surface area (Å²) in [7, 11) is 2.15. The first kappa shape index (κ1) is 35.5. The predicted octanol–water partition coefficient (Wildman–Crippen LogP) is 4.46. The molecule has 0 saturated carbocycles. The molecule has 3 N–H and O–H groups in total. The van der Waals surface area contributed by atoms with Crippen LogP contribution in [0.4, 0.5) is 11.4 Å². The van der Waals surface area contributed by atoms with Crippen LogP contribution in [0.1, 0.15) is 77.3 Å². The van der Waals surface area contributed by atoms with Crippen molar-refractivity contribution in [2.45, 2.75) is 77.0 Å². The van der Waals surface area contributed by atoms with Crippen LogP contribution >= 0.6 is 0 Å².